The van der Waals surface area contributed by atoms with Crippen molar-refractivity contribution in [2.75, 3.05) is 18.4 Å². The Morgan fingerprint density at radius 3 is 2.41 bits per heavy atom. The van der Waals surface area contributed by atoms with Crippen molar-refractivity contribution in [3.8, 4) is 0 Å². The van der Waals surface area contributed by atoms with E-state index in [0.717, 1.165) is 25.1 Å². The predicted molar refractivity (Wildman–Crippen MR) is 72.2 cm³/mol. The zero-order valence-electron chi connectivity index (χ0n) is 10.8. The van der Waals surface area contributed by atoms with Gasteiger partial charge in [-0.3, -0.25) is 4.79 Å². The highest BCUT2D eigenvalue weighted by Gasteiger charge is 1.99. The molecule has 1 amide bonds. The first-order valence-electron chi connectivity index (χ1n) is 6.35. The fourth-order valence-electron chi connectivity index (χ4n) is 1.53. The molecule has 1 rings (SSSR count). The minimum absolute atomic E-state index is 0.115. The molecular weight excluding hydrogens is 212 g/mol. The van der Waals surface area contributed by atoms with E-state index in [0.29, 0.717) is 13.0 Å². The van der Waals surface area contributed by atoms with Gasteiger partial charge in [0.1, 0.15) is 0 Å². The summed E-state index contributed by atoms with van der Waals surface area (Å²) in [5, 5.41) is 6.10. The number of aryl methyl sites for hydroxylation is 1. The SMILES string of the molecule is CCCNC(=O)CCNc1ccc(CC)cc1. The lowest BCUT2D eigenvalue weighted by molar-refractivity contribution is -0.120. The Balaban J connectivity index is 2.23. The lowest BCUT2D eigenvalue weighted by atomic mass is 10.1. The van der Waals surface area contributed by atoms with E-state index >= 15 is 0 Å². The number of rotatable bonds is 7. The van der Waals surface area contributed by atoms with Gasteiger partial charge in [0.25, 0.3) is 0 Å². The number of carbonyl (C=O) groups excluding carboxylic acids is 1. The molecular formula is C14H22N2O. The molecule has 3 nitrogen and oxygen atoms in total. The molecule has 0 aliphatic rings. The van der Waals surface area contributed by atoms with E-state index in [-0.39, 0.29) is 5.91 Å². The second-order valence-electron chi connectivity index (χ2n) is 4.08. The quantitative estimate of drug-likeness (QED) is 0.761. The van der Waals surface area contributed by atoms with Crippen LogP contribution in [0, 0.1) is 0 Å². The Morgan fingerprint density at radius 1 is 1.12 bits per heavy atom. The van der Waals surface area contributed by atoms with Crippen LogP contribution in [-0.4, -0.2) is 19.0 Å². The summed E-state index contributed by atoms with van der Waals surface area (Å²) in [4.78, 5) is 11.3. The van der Waals surface area contributed by atoms with Crippen molar-refractivity contribution in [1.82, 2.24) is 5.32 Å². The second kappa shape index (κ2) is 7.71. The molecule has 0 atom stereocenters. The predicted octanol–water partition coefficient (Wildman–Crippen LogP) is 2.58. The largest absolute Gasteiger partial charge is 0.385 e. The van der Waals surface area contributed by atoms with Gasteiger partial charge in [-0.2, -0.15) is 0 Å². The van der Waals surface area contributed by atoms with Gasteiger partial charge in [0.2, 0.25) is 5.91 Å². The average Bonchev–Trinajstić information content (AvgIpc) is 2.37. The zero-order chi connectivity index (χ0) is 12.5. The molecule has 0 spiro atoms. The highest BCUT2D eigenvalue weighted by molar-refractivity contribution is 5.76. The zero-order valence-corrected chi connectivity index (χ0v) is 10.8. The summed E-state index contributed by atoms with van der Waals surface area (Å²) in [7, 11) is 0. The lowest BCUT2D eigenvalue weighted by Gasteiger charge is -2.07. The minimum atomic E-state index is 0.115. The van der Waals surface area contributed by atoms with Crippen LogP contribution in [0.3, 0.4) is 0 Å². The van der Waals surface area contributed by atoms with Crippen LogP contribution >= 0.6 is 0 Å². The molecule has 0 fully saturated rings. The van der Waals surface area contributed by atoms with Gasteiger partial charge in [-0.05, 0) is 30.5 Å². The minimum Gasteiger partial charge on any atom is -0.385 e. The van der Waals surface area contributed by atoms with Gasteiger partial charge >= 0.3 is 0 Å². The Hall–Kier alpha value is -1.51. The molecule has 0 radical (unpaired) electrons. The van der Waals surface area contributed by atoms with E-state index in [9.17, 15) is 4.79 Å². The molecule has 0 bridgehead atoms. The number of hydrogen-bond acceptors (Lipinski definition) is 2. The number of carbonyl (C=O) groups is 1. The van der Waals surface area contributed by atoms with Crippen molar-refractivity contribution in [3.05, 3.63) is 29.8 Å². The van der Waals surface area contributed by atoms with Gasteiger partial charge in [-0.25, -0.2) is 0 Å². The average molecular weight is 234 g/mol. The number of nitrogens with one attached hydrogen (secondary N) is 2. The smallest absolute Gasteiger partial charge is 0.221 e. The molecule has 0 heterocycles. The summed E-state index contributed by atoms with van der Waals surface area (Å²) in [5.74, 6) is 0.115. The number of benzene rings is 1. The van der Waals surface area contributed by atoms with Crippen LogP contribution < -0.4 is 10.6 Å². The maximum Gasteiger partial charge on any atom is 0.221 e. The molecule has 0 aliphatic heterocycles. The topological polar surface area (TPSA) is 41.1 Å². The number of amides is 1. The van der Waals surface area contributed by atoms with E-state index in [1.54, 1.807) is 0 Å². The Labute approximate surface area is 104 Å². The summed E-state index contributed by atoms with van der Waals surface area (Å²) in [6.07, 6.45) is 2.56. The van der Waals surface area contributed by atoms with Gasteiger partial charge < -0.3 is 10.6 Å². The first kappa shape index (κ1) is 13.6. The normalized spacial score (nSPS) is 10.0. The molecule has 0 unspecified atom stereocenters. The van der Waals surface area contributed by atoms with Crippen LogP contribution in [0.1, 0.15) is 32.3 Å². The van der Waals surface area contributed by atoms with Crippen molar-refractivity contribution in [2.24, 2.45) is 0 Å². The van der Waals surface area contributed by atoms with E-state index in [2.05, 4.69) is 41.8 Å². The highest BCUT2D eigenvalue weighted by atomic mass is 16.1. The summed E-state index contributed by atoms with van der Waals surface area (Å²) < 4.78 is 0. The van der Waals surface area contributed by atoms with Gasteiger partial charge in [-0.15, -0.1) is 0 Å². The highest BCUT2D eigenvalue weighted by Crippen LogP contribution is 2.09. The van der Waals surface area contributed by atoms with E-state index in [1.807, 2.05) is 6.92 Å². The third-order valence-electron chi connectivity index (χ3n) is 2.62. The third kappa shape index (κ3) is 5.38. The third-order valence-corrected chi connectivity index (χ3v) is 2.62. The molecule has 1 aromatic rings. The van der Waals surface area contributed by atoms with Crippen LogP contribution in [0.2, 0.25) is 0 Å². The van der Waals surface area contributed by atoms with Crippen molar-refractivity contribution in [1.29, 1.82) is 0 Å². The van der Waals surface area contributed by atoms with Crippen molar-refractivity contribution in [2.45, 2.75) is 33.1 Å². The molecule has 0 aliphatic carbocycles. The monoisotopic (exact) mass is 234 g/mol. The van der Waals surface area contributed by atoms with Crippen LogP contribution in [0.25, 0.3) is 0 Å². The Morgan fingerprint density at radius 2 is 1.82 bits per heavy atom. The molecule has 2 N–H and O–H groups in total. The molecule has 1 aromatic carbocycles. The van der Waals surface area contributed by atoms with Gasteiger partial charge in [0, 0.05) is 25.2 Å². The Kier molecular flexibility index (Phi) is 6.15. The van der Waals surface area contributed by atoms with Gasteiger partial charge in [-0.1, -0.05) is 26.0 Å². The van der Waals surface area contributed by atoms with Crippen molar-refractivity contribution in [3.63, 3.8) is 0 Å². The standard InChI is InChI=1S/C14H22N2O/c1-3-10-16-14(17)9-11-15-13-7-5-12(4-2)6-8-13/h5-8,15H,3-4,9-11H2,1-2H3,(H,16,17). The summed E-state index contributed by atoms with van der Waals surface area (Å²) >= 11 is 0. The molecule has 3 heteroatoms. The van der Waals surface area contributed by atoms with Gasteiger partial charge in [0.15, 0.2) is 0 Å². The number of anilines is 1. The van der Waals surface area contributed by atoms with Crippen molar-refractivity contribution < 1.29 is 4.79 Å². The second-order valence-corrected chi connectivity index (χ2v) is 4.08. The summed E-state index contributed by atoms with van der Waals surface area (Å²) in [6.45, 7) is 5.64. The van der Waals surface area contributed by atoms with Gasteiger partial charge in [0.05, 0.1) is 0 Å². The van der Waals surface area contributed by atoms with Crippen LogP contribution in [0.4, 0.5) is 5.69 Å². The van der Waals surface area contributed by atoms with Crippen LogP contribution in [0.5, 0.6) is 0 Å². The molecule has 17 heavy (non-hydrogen) atoms. The first-order chi connectivity index (χ1) is 8.26. The molecule has 0 aromatic heterocycles. The van der Waals surface area contributed by atoms with E-state index in [4.69, 9.17) is 0 Å². The maximum absolute atomic E-state index is 11.3. The lowest BCUT2D eigenvalue weighted by Crippen LogP contribution is -2.25. The summed E-state index contributed by atoms with van der Waals surface area (Å²) in [5.41, 5.74) is 2.40. The Bertz CT molecular complexity index is 333. The molecule has 0 saturated carbocycles. The van der Waals surface area contributed by atoms with E-state index < -0.39 is 0 Å². The fourth-order valence-corrected chi connectivity index (χ4v) is 1.53. The first-order valence-corrected chi connectivity index (χ1v) is 6.35. The summed E-state index contributed by atoms with van der Waals surface area (Å²) in [6, 6.07) is 8.34. The van der Waals surface area contributed by atoms with Crippen LogP contribution in [0.15, 0.2) is 24.3 Å². The maximum atomic E-state index is 11.3. The molecule has 0 saturated heterocycles. The molecule has 94 valence electrons. The van der Waals surface area contributed by atoms with E-state index in [1.165, 1.54) is 5.56 Å². The van der Waals surface area contributed by atoms with Crippen LogP contribution in [-0.2, 0) is 11.2 Å². The fraction of sp³-hybridized carbons (Fsp3) is 0.500. The number of hydrogen-bond donors (Lipinski definition) is 2. The van der Waals surface area contributed by atoms with Crippen molar-refractivity contribution >= 4 is 11.6 Å².